The Morgan fingerprint density at radius 2 is 1.86 bits per heavy atom. The quantitative estimate of drug-likeness (QED) is 0.728. The highest BCUT2D eigenvalue weighted by atomic mass is 32.2. The molecule has 112 valence electrons. The van der Waals surface area contributed by atoms with Crippen LogP contribution in [0.1, 0.15) is 5.56 Å². The average Bonchev–Trinajstić information content (AvgIpc) is 2.47. The molecule has 1 heterocycles. The molecule has 0 bridgehead atoms. The van der Waals surface area contributed by atoms with Gasteiger partial charge in [0.05, 0.1) is 10.3 Å². The standard InChI is InChI=1S/C16H11FO4S/c1-10-5-6-13-14(7-10)21-9-15(16(13)18)22(19,20)12-4-2-3-11(17)8-12/h2-9H,1H3. The summed E-state index contributed by atoms with van der Waals surface area (Å²) < 4.78 is 43.5. The van der Waals surface area contributed by atoms with Crippen LogP contribution in [0.4, 0.5) is 4.39 Å². The minimum atomic E-state index is -4.14. The van der Waals surface area contributed by atoms with Crippen molar-refractivity contribution in [3.05, 3.63) is 70.3 Å². The van der Waals surface area contributed by atoms with Gasteiger partial charge >= 0.3 is 0 Å². The number of benzene rings is 2. The summed E-state index contributed by atoms with van der Waals surface area (Å²) in [5.74, 6) is -0.693. The van der Waals surface area contributed by atoms with Crippen LogP contribution in [0.5, 0.6) is 0 Å². The Morgan fingerprint density at radius 3 is 2.59 bits per heavy atom. The molecule has 0 saturated carbocycles. The predicted octanol–water partition coefficient (Wildman–Crippen LogP) is 3.07. The van der Waals surface area contributed by atoms with E-state index in [4.69, 9.17) is 4.42 Å². The zero-order valence-corrected chi connectivity index (χ0v) is 12.4. The molecular weight excluding hydrogens is 307 g/mol. The monoisotopic (exact) mass is 318 g/mol. The van der Waals surface area contributed by atoms with E-state index in [9.17, 15) is 17.6 Å². The molecule has 0 fully saturated rings. The highest BCUT2D eigenvalue weighted by Gasteiger charge is 2.23. The molecule has 0 aliphatic heterocycles. The average molecular weight is 318 g/mol. The van der Waals surface area contributed by atoms with Crippen LogP contribution in [0.15, 0.2) is 67.7 Å². The highest BCUT2D eigenvalue weighted by molar-refractivity contribution is 7.91. The maximum atomic E-state index is 13.2. The number of hydrogen-bond acceptors (Lipinski definition) is 4. The highest BCUT2D eigenvalue weighted by Crippen LogP contribution is 2.21. The van der Waals surface area contributed by atoms with Crippen molar-refractivity contribution < 1.29 is 17.2 Å². The largest absolute Gasteiger partial charge is 0.463 e. The van der Waals surface area contributed by atoms with E-state index < -0.39 is 26.0 Å². The molecule has 0 unspecified atom stereocenters. The fourth-order valence-electron chi connectivity index (χ4n) is 2.16. The molecule has 0 radical (unpaired) electrons. The van der Waals surface area contributed by atoms with E-state index in [0.29, 0.717) is 5.58 Å². The van der Waals surface area contributed by atoms with Crippen molar-refractivity contribution in [1.82, 2.24) is 0 Å². The minimum Gasteiger partial charge on any atom is -0.463 e. The van der Waals surface area contributed by atoms with Crippen molar-refractivity contribution in [3.63, 3.8) is 0 Å². The summed E-state index contributed by atoms with van der Waals surface area (Å²) in [6.07, 6.45) is 0.907. The van der Waals surface area contributed by atoms with Crippen LogP contribution in [0, 0.1) is 12.7 Å². The first-order valence-electron chi connectivity index (χ1n) is 6.42. The second-order valence-electron chi connectivity index (χ2n) is 4.89. The molecule has 0 N–H and O–H groups in total. The molecule has 4 nitrogen and oxygen atoms in total. The van der Waals surface area contributed by atoms with Gasteiger partial charge in [0.25, 0.3) is 0 Å². The number of halogens is 1. The Labute approximate surface area is 125 Å². The van der Waals surface area contributed by atoms with Crippen LogP contribution in [-0.2, 0) is 9.84 Å². The normalized spacial score (nSPS) is 11.7. The summed E-state index contributed by atoms with van der Waals surface area (Å²) >= 11 is 0. The maximum Gasteiger partial charge on any atom is 0.213 e. The lowest BCUT2D eigenvalue weighted by Gasteiger charge is -2.05. The van der Waals surface area contributed by atoms with Gasteiger partial charge in [-0.1, -0.05) is 12.1 Å². The van der Waals surface area contributed by atoms with Gasteiger partial charge in [-0.25, -0.2) is 12.8 Å². The molecule has 0 aliphatic carbocycles. The molecule has 6 heteroatoms. The zero-order valence-electron chi connectivity index (χ0n) is 11.5. The lowest BCUT2D eigenvalue weighted by atomic mass is 10.2. The third-order valence-electron chi connectivity index (χ3n) is 3.29. The first-order valence-corrected chi connectivity index (χ1v) is 7.91. The fourth-order valence-corrected chi connectivity index (χ4v) is 3.47. The van der Waals surface area contributed by atoms with Crippen LogP contribution in [-0.4, -0.2) is 8.42 Å². The Morgan fingerprint density at radius 1 is 1.09 bits per heavy atom. The SMILES string of the molecule is Cc1ccc2c(=O)c(S(=O)(=O)c3cccc(F)c3)coc2c1. The Balaban J connectivity index is 2.28. The maximum absolute atomic E-state index is 13.2. The van der Waals surface area contributed by atoms with E-state index >= 15 is 0 Å². The molecule has 0 saturated heterocycles. The van der Waals surface area contributed by atoms with Gasteiger partial charge in [-0.15, -0.1) is 0 Å². The van der Waals surface area contributed by atoms with Crippen LogP contribution in [0.2, 0.25) is 0 Å². The Kier molecular flexibility index (Phi) is 3.33. The number of aryl methyl sites for hydroxylation is 1. The van der Waals surface area contributed by atoms with Crippen molar-refractivity contribution in [2.24, 2.45) is 0 Å². The summed E-state index contributed by atoms with van der Waals surface area (Å²) in [6.45, 7) is 1.83. The summed E-state index contributed by atoms with van der Waals surface area (Å²) in [5.41, 5.74) is 0.532. The van der Waals surface area contributed by atoms with E-state index in [1.54, 1.807) is 12.1 Å². The summed E-state index contributed by atoms with van der Waals surface area (Å²) in [5, 5.41) is 0.170. The molecule has 3 rings (SSSR count). The number of fused-ring (bicyclic) bond motifs is 1. The Bertz CT molecular complexity index is 1040. The first-order chi connectivity index (χ1) is 10.4. The number of sulfone groups is 1. The van der Waals surface area contributed by atoms with Gasteiger partial charge in [0.15, 0.2) is 4.90 Å². The van der Waals surface area contributed by atoms with E-state index in [0.717, 1.165) is 24.0 Å². The van der Waals surface area contributed by atoms with E-state index in [1.807, 2.05) is 6.92 Å². The summed E-state index contributed by atoms with van der Waals surface area (Å²) in [7, 11) is -4.14. The second-order valence-corrected chi connectivity index (χ2v) is 6.81. The third kappa shape index (κ3) is 2.31. The van der Waals surface area contributed by atoms with Gasteiger partial charge in [-0.05, 0) is 42.8 Å². The van der Waals surface area contributed by atoms with E-state index in [-0.39, 0.29) is 10.3 Å². The van der Waals surface area contributed by atoms with E-state index in [1.165, 1.54) is 18.2 Å². The summed E-state index contributed by atoms with van der Waals surface area (Å²) in [6, 6.07) is 9.36. The van der Waals surface area contributed by atoms with Crippen LogP contribution < -0.4 is 5.43 Å². The molecule has 22 heavy (non-hydrogen) atoms. The minimum absolute atomic E-state index is 0.170. The molecule has 3 aromatic rings. The second kappa shape index (κ2) is 5.06. The van der Waals surface area contributed by atoms with Crippen molar-refractivity contribution in [2.75, 3.05) is 0 Å². The smallest absolute Gasteiger partial charge is 0.213 e. The Hall–Kier alpha value is -2.47. The van der Waals surface area contributed by atoms with Crippen LogP contribution >= 0.6 is 0 Å². The molecule has 1 aromatic heterocycles. The lowest BCUT2D eigenvalue weighted by molar-refractivity contribution is 0.564. The first kappa shape index (κ1) is 14.5. The molecule has 2 aromatic carbocycles. The predicted molar refractivity (Wildman–Crippen MR) is 79.1 cm³/mol. The number of hydrogen-bond donors (Lipinski definition) is 0. The van der Waals surface area contributed by atoms with Crippen molar-refractivity contribution in [1.29, 1.82) is 0 Å². The molecule has 0 atom stereocenters. The van der Waals surface area contributed by atoms with E-state index in [2.05, 4.69) is 0 Å². The third-order valence-corrected chi connectivity index (χ3v) is 5.03. The van der Waals surface area contributed by atoms with Gasteiger partial charge in [0.2, 0.25) is 15.3 Å². The molecule has 0 amide bonds. The van der Waals surface area contributed by atoms with Crippen LogP contribution in [0.3, 0.4) is 0 Å². The fraction of sp³-hybridized carbons (Fsp3) is 0.0625. The zero-order chi connectivity index (χ0) is 15.9. The van der Waals surface area contributed by atoms with Crippen molar-refractivity contribution in [3.8, 4) is 0 Å². The molecule has 0 spiro atoms. The van der Waals surface area contributed by atoms with Gasteiger partial charge in [0.1, 0.15) is 17.7 Å². The molecule has 0 aliphatic rings. The van der Waals surface area contributed by atoms with Gasteiger partial charge in [0, 0.05) is 0 Å². The lowest BCUT2D eigenvalue weighted by Crippen LogP contribution is -2.15. The van der Waals surface area contributed by atoms with Crippen molar-refractivity contribution in [2.45, 2.75) is 16.7 Å². The molecular formula is C16H11FO4S. The van der Waals surface area contributed by atoms with Crippen LogP contribution in [0.25, 0.3) is 11.0 Å². The van der Waals surface area contributed by atoms with Crippen molar-refractivity contribution >= 4 is 20.8 Å². The topological polar surface area (TPSA) is 64.3 Å². The van der Waals surface area contributed by atoms with Gasteiger partial charge in [-0.2, -0.15) is 0 Å². The number of rotatable bonds is 2. The van der Waals surface area contributed by atoms with Gasteiger partial charge in [-0.3, -0.25) is 4.79 Å². The summed E-state index contributed by atoms with van der Waals surface area (Å²) in [4.78, 5) is 11.6. The van der Waals surface area contributed by atoms with Gasteiger partial charge < -0.3 is 4.42 Å².